The van der Waals surface area contributed by atoms with E-state index in [1.165, 1.54) is 26.8 Å². The quantitative estimate of drug-likeness (QED) is 0.349. The van der Waals surface area contributed by atoms with Gasteiger partial charge < -0.3 is 4.90 Å². The molecular weight excluding hydrogens is 470 g/mol. The van der Waals surface area contributed by atoms with E-state index < -0.39 is 5.91 Å². The van der Waals surface area contributed by atoms with Crippen molar-refractivity contribution in [2.24, 2.45) is 0 Å². The fourth-order valence-electron chi connectivity index (χ4n) is 3.80. The van der Waals surface area contributed by atoms with Crippen molar-refractivity contribution in [3.63, 3.8) is 0 Å². The zero-order chi connectivity index (χ0) is 23.7. The summed E-state index contributed by atoms with van der Waals surface area (Å²) in [6.45, 7) is 0.772. The van der Waals surface area contributed by atoms with Gasteiger partial charge in [-0.3, -0.25) is 18.7 Å². The Hall–Kier alpha value is -3.75. The summed E-state index contributed by atoms with van der Waals surface area (Å²) in [5, 5.41) is 7.23. The first-order valence-corrected chi connectivity index (χ1v) is 11.8. The van der Waals surface area contributed by atoms with Gasteiger partial charge in [-0.15, -0.1) is 11.3 Å². The number of fused-ring (bicyclic) bond motifs is 1. The van der Waals surface area contributed by atoms with Crippen LogP contribution in [0.15, 0.2) is 83.4 Å². The average Bonchev–Trinajstić information content (AvgIpc) is 3.48. The first kappa shape index (κ1) is 22.1. The summed E-state index contributed by atoms with van der Waals surface area (Å²) in [5.41, 5.74) is 3.18. The summed E-state index contributed by atoms with van der Waals surface area (Å²) in [5.74, 6) is -0.393. The van der Waals surface area contributed by atoms with Gasteiger partial charge in [0.2, 0.25) is 0 Å². The van der Waals surface area contributed by atoms with E-state index >= 15 is 0 Å². The van der Waals surface area contributed by atoms with Gasteiger partial charge in [-0.1, -0.05) is 60.1 Å². The topological polar surface area (TPSA) is 72.5 Å². The Balaban J connectivity index is 1.47. The molecule has 2 aromatic carbocycles. The van der Waals surface area contributed by atoms with Crippen molar-refractivity contribution in [1.29, 1.82) is 0 Å². The average molecular weight is 490 g/mol. The number of aromatic nitrogens is 4. The van der Waals surface area contributed by atoms with Crippen molar-refractivity contribution in [2.45, 2.75) is 13.1 Å². The molecule has 0 fully saturated rings. The van der Waals surface area contributed by atoms with Gasteiger partial charge in [0.15, 0.2) is 4.96 Å². The van der Waals surface area contributed by atoms with Crippen LogP contribution < -0.4 is 5.56 Å². The minimum absolute atomic E-state index is 0.0307. The van der Waals surface area contributed by atoms with Crippen LogP contribution in [0.3, 0.4) is 0 Å². The van der Waals surface area contributed by atoms with Gasteiger partial charge in [-0.25, -0.2) is 4.98 Å². The normalized spacial score (nSPS) is 11.1. The minimum atomic E-state index is -0.393. The van der Waals surface area contributed by atoms with E-state index in [1.807, 2.05) is 65.5 Å². The van der Waals surface area contributed by atoms with Crippen LogP contribution in [0.4, 0.5) is 0 Å². The molecule has 5 aromatic rings. The van der Waals surface area contributed by atoms with Gasteiger partial charge in [0.25, 0.3) is 11.5 Å². The number of nitrogens with zero attached hydrogens (tertiary/aromatic N) is 5. The lowest BCUT2D eigenvalue weighted by Gasteiger charge is -2.16. The van der Waals surface area contributed by atoms with Crippen molar-refractivity contribution >= 4 is 33.8 Å². The Labute approximate surface area is 204 Å². The molecule has 0 unspecified atom stereocenters. The van der Waals surface area contributed by atoms with Crippen molar-refractivity contribution in [1.82, 2.24) is 24.1 Å². The Kier molecular flexibility index (Phi) is 6.00. The van der Waals surface area contributed by atoms with E-state index in [1.54, 1.807) is 18.6 Å². The monoisotopic (exact) mass is 489 g/mol. The smallest absolute Gasteiger partial charge is 0.271 e. The zero-order valence-corrected chi connectivity index (χ0v) is 19.8. The fraction of sp³-hybridized carbons (Fsp3) is 0.120. The molecule has 0 saturated heterocycles. The maximum atomic E-state index is 13.2. The molecule has 7 nitrogen and oxygen atoms in total. The number of hydrogen-bond donors (Lipinski definition) is 0. The Morgan fingerprint density at radius 2 is 1.85 bits per heavy atom. The predicted molar refractivity (Wildman–Crippen MR) is 133 cm³/mol. The third kappa shape index (κ3) is 4.25. The summed E-state index contributed by atoms with van der Waals surface area (Å²) in [6.07, 6.45) is 4.90. The summed E-state index contributed by atoms with van der Waals surface area (Å²) in [7, 11) is 1.67. The lowest BCUT2D eigenvalue weighted by Crippen LogP contribution is -2.32. The largest absolute Gasteiger partial charge is 0.337 e. The predicted octanol–water partition coefficient (Wildman–Crippen LogP) is 4.59. The van der Waals surface area contributed by atoms with Crippen molar-refractivity contribution in [3.8, 4) is 11.3 Å². The molecule has 3 heterocycles. The molecule has 0 bridgehead atoms. The summed E-state index contributed by atoms with van der Waals surface area (Å²) in [6, 6.07) is 17.4. The Bertz CT molecular complexity index is 1540. The van der Waals surface area contributed by atoms with Gasteiger partial charge in [-0.2, -0.15) is 5.10 Å². The van der Waals surface area contributed by atoms with Gasteiger partial charge in [0, 0.05) is 53.7 Å². The number of halogens is 1. The SMILES string of the molecule is CN(Cc1cn(Cc2ccccc2Cl)nc1-c1ccccc1)C(=O)c1cnc2sccn2c1=O. The fourth-order valence-corrected chi connectivity index (χ4v) is 4.67. The van der Waals surface area contributed by atoms with Crippen molar-refractivity contribution in [3.05, 3.63) is 111 Å². The second-order valence-electron chi connectivity index (χ2n) is 7.85. The van der Waals surface area contributed by atoms with Crippen LogP contribution in [0, 0.1) is 0 Å². The molecule has 34 heavy (non-hydrogen) atoms. The molecule has 9 heteroatoms. The second kappa shape index (κ2) is 9.24. The van der Waals surface area contributed by atoms with Crippen LogP contribution in [-0.2, 0) is 13.1 Å². The van der Waals surface area contributed by atoms with Crippen LogP contribution in [0.5, 0.6) is 0 Å². The number of benzene rings is 2. The van der Waals surface area contributed by atoms with E-state index in [2.05, 4.69) is 4.98 Å². The number of carbonyl (C=O) groups is 1. The van der Waals surface area contributed by atoms with Crippen LogP contribution >= 0.6 is 22.9 Å². The molecule has 0 aliphatic rings. The van der Waals surface area contributed by atoms with Crippen LogP contribution in [0.2, 0.25) is 5.02 Å². The summed E-state index contributed by atoms with van der Waals surface area (Å²) >= 11 is 7.69. The van der Waals surface area contributed by atoms with Gasteiger partial charge in [0.1, 0.15) is 5.56 Å². The number of hydrogen-bond acceptors (Lipinski definition) is 5. The molecule has 1 amide bonds. The first-order valence-electron chi connectivity index (χ1n) is 10.6. The molecule has 0 aliphatic heterocycles. The third-order valence-electron chi connectivity index (χ3n) is 5.50. The van der Waals surface area contributed by atoms with E-state index in [9.17, 15) is 9.59 Å². The Morgan fingerprint density at radius 3 is 2.65 bits per heavy atom. The third-order valence-corrected chi connectivity index (χ3v) is 6.64. The van der Waals surface area contributed by atoms with Crippen LogP contribution in [0.1, 0.15) is 21.5 Å². The van der Waals surface area contributed by atoms with Gasteiger partial charge in [-0.05, 0) is 11.6 Å². The molecule has 0 aliphatic carbocycles. The highest BCUT2D eigenvalue weighted by molar-refractivity contribution is 7.15. The number of thiazole rings is 1. The maximum Gasteiger partial charge on any atom is 0.271 e. The van der Waals surface area contributed by atoms with E-state index in [0.717, 1.165) is 22.4 Å². The highest BCUT2D eigenvalue weighted by Gasteiger charge is 2.21. The van der Waals surface area contributed by atoms with Crippen LogP contribution in [-0.4, -0.2) is 37.0 Å². The lowest BCUT2D eigenvalue weighted by molar-refractivity contribution is 0.0783. The van der Waals surface area contributed by atoms with Gasteiger partial charge in [0.05, 0.1) is 12.2 Å². The van der Waals surface area contributed by atoms with E-state index in [0.29, 0.717) is 16.5 Å². The molecular formula is C25H20ClN5O2S. The van der Waals surface area contributed by atoms with Gasteiger partial charge >= 0.3 is 0 Å². The number of amides is 1. The molecule has 0 radical (unpaired) electrons. The molecule has 0 spiro atoms. The van der Waals surface area contributed by atoms with Crippen molar-refractivity contribution in [2.75, 3.05) is 7.05 Å². The second-order valence-corrected chi connectivity index (χ2v) is 9.13. The summed E-state index contributed by atoms with van der Waals surface area (Å²) < 4.78 is 3.22. The highest BCUT2D eigenvalue weighted by Crippen LogP contribution is 2.25. The van der Waals surface area contributed by atoms with Crippen molar-refractivity contribution < 1.29 is 4.79 Å². The molecule has 5 rings (SSSR count). The van der Waals surface area contributed by atoms with Crippen LogP contribution in [0.25, 0.3) is 16.2 Å². The summed E-state index contributed by atoms with van der Waals surface area (Å²) in [4.78, 5) is 32.2. The number of carbonyl (C=O) groups excluding carboxylic acids is 1. The molecule has 170 valence electrons. The number of rotatable bonds is 6. The maximum absolute atomic E-state index is 13.2. The zero-order valence-electron chi connectivity index (χ0n) is 18.3. The Morgan fingerprint density at radius 1 is 1.09 bits per heavy atom. The molecule has 0 N–H and O–H groups in total. The highest BCUT2D eigenvalue weighted by atomic mass is 35.5. The molecule has 3 aromatic heterocycles. The molecule has 0 saturated carbocycles. The van der Waals surface area contributed by atoms with E-state index in [4.69, 9.17) is 16.7 Å². The van der Waals surface area contributed by atoms with E-state index in [-0.39, 0.29) is 17.7 Å². The lowest BCUT2D eigenvalue weighted by atomic mass is 10.1. The minimum Gasteiger partial charge on any atom is -0.337 e. The standard InChI is InChI=1S/C25H20ClN5O2S/c1-29(23(32)20-13-27-25-31(24(20)33)11-12-34-25)14-19-16-30(15-18-9-5-6-10-21(18)26)28-22(19)17-7-3-2-4-8-17/h2-13,16H,14-15H2,1H3. The molecule has 0 atom stereocenters. The first-order chi connectivity index (χ1) is 16.5.